The van der Waals surface area contributed by atoms with Crippen LogP contribution in [-0.2, 0) is 4.79 Å². The predicted molar refractivity (Wildman–Crippen MR) is 49.9 cm³/mol. The highest BCUT2D eigenvalue weighted by Gasteiger charge is 2.21. The fraction of sp³-hybridized carbons (Fsp3) is 0.800. The van der Waals surface area contributed by atoms with Crippen molar-refractivity contribution in [3.63, 3.8) is 0 Å². The molecule has 1 rings (SSSR count). The van der Waals surface area contributed by atoms with Gasteiger partial charge in [0.25, 0.3) is 0 Å². The Morgan fingerprint density at radius 1 is 1.50 bits per heavy atom. The first kappa shape index (κ1) is 9.72. The highest BCUT2D eigenvalue weighted by atomic mass is 16.1. The molecule has 0 spiro atoms. The standard InChI is InChI=1S/C10H18NO/c1-9(2)7-11-6-4-3-5-10(11)8-12/h8,10H,3-7H2,1-2H3/t10-/m0/s1. The van der Waals surface area contributed by atoms with E-state index in [2.05, 4.69) is 18.7 Å². The molecule has 0 unspecified atom stereocenters. The molecule has 69 valence electrons. The van der Waals surface area contributed by atoms with Crippen molar-refractivity contribution < 1.29 is 4.79 Å². The van der Waals surface area contributed by atoms with Crippen molar-refractivity contribution in [2.24, 2.45) is 0 Å². The largest absolute Gasteiger partial charge is 0.302 e. The SMILES string of the molecule is C[C](C)CN1CCCC[C@H]1C=O. The minimum atomic E-state index is 0.189. The van der Waals surface area contributed by atoms with Gasteiger partial charge in [-0.1, -0.05) is 20.3 Å². The molecule has 0 amide bonds. The average Bonchev–Trinajstić information content (AvgIpc) is 2.04. The monoisotopic (exact) mass is 168 g/mol. The zero-order valence-electron chi connectivity index (χ0n) is 8.05. The van der Waals surface area contributed by atoms with Gasteiger partial charge in [-0.15, -0.1) is 0 Å². The summed E-state index contributed by atoms with van der Waals surface area (Å²) in [6.07, 6.45) is 4.61. The zero-order chi connectivity index (χ0) is 8.97. The van der Waals surface area contributed by atoms with Gasteiger partial charge in [-0.3, -0.25) is 4.90 Å². The number of carbonyl (C=O) groups is 1. The summed E-state index contributed by atoms with van der Waals surface area (Å²) >= 11 is 0. The van der Waals surface area contributed by atoms with E-state index in [0.29, 0.717) is 0 Å². The van der Waals surface area contributed by atoms with E-state index in [1.165, 1.54) is 18.8 Å². The molecular weight excluding hydrogens is 150 g/mol. The lowest BCUT2D eigenvalue weighted by Crippen LogP contribution is -2.42. The highest BCUT2D eigenvalue weighted by molar-refractivity contribution is 5.57. The summed E-state index contributed by atoms with van der Waals surface area (Å²) in [4.78, 5) is 13.0. The lowest BCUT2D eigenvalue weighted by molar-refractivity contribution is -0.113. The van der Waals surface area contributed by atoms with Crippen LogP contribution in [0.4, 0.5) is 0 Å². The van der Waals surface area contributed by atoms with Gasteiger partial charge >= 0.3 is 0 Å². The number of hydrogen-bond acceptors (Lipinski definition) is 2. The number of aldehydes is 1. The van der Waals surface area contributed by atoms with Gasteiger partial charge < -0.3 is 4.79 Å². The molecule has 1 radical (unpaired) electrons. The summed E-state index contributed by atoms with van der Waals surface area (Å²) in [6, 6.07) is 0.189. The fourth-order valence-electron chi connectivity index (χ4n) is 1.77. The van der Waals surface area contributed by atoms with Crippen molar-refractivity contribution in [3.8, 4) is 0 Å². The van der Waals surface area contributed by atoms with Crippen LogP contribution in [0.25, 0.3) is 0 Å². The molecule has 12 heavy (non-hydrogen) atoms. The Hall–Kier alpha value is -0.370. The molecule has 1 aliphatic rings. The summed E-state index contributed by atoms with van der Waals surface area (Å²) in [6.45, 7) is 6.32. The first-order valence-corrected chi connectivity index (χ1v) is 4.72. The van der Waals surface area contributed by atoms with Gasteiger partial charge in [-0.25, -0.2) is 0 Å². The second kappa shape index (κ2) is 4.61. The topological polar surface area (TPSA) is 20.3 Å². The van der Waals surface area contributed by atoms with Gasteiger partial charge in [0.15, 0.2) is 0 Å². The second-order valence-electron chi connectivity index (χ2n) is 3.88. The first-order chi connectivity index (χ1) is 5.74. The number of nitrogens with zero attached hydrogens (tertiary/aromatic N) is 1. The van der Waals surface area contributed by atoms with Crippen molar-refractivity contribution in [1.29, 1.82) is 0 Å². The van der Waals surface area contributed by atoms with E-state index in [4.69, 9.17) is 0 Å². The number of carbonyl (C=O) groups excluding carboxylic acids is 1. The predicted octanol–water partition coefficient (Wildman–Crippen LogP) is 1.65. The van der Waals surface area contributed by atoms with Crippen LogP contribution in [0.3, 0.4) is 0 Å². The molecule has 1 fully saturated rings. The van der Waals surface area contributed by atoms with E-state index in [1.807, 2.05) is 0 Å². The molecule has 0 N–H and O–H groups in total. The Morgan fingerprint density at radius 2 is 2.25 bits per heavy atom. The minimum absolute atomic E-state index is 0.189. The van der Waals surface area contributed by atoms with Gasteiger partial charge in [0.1, 0.15) is 6.29 Å². The smallest absolute Gasteiger partial charge is 0.137 e. The number of hydrogen-bond donors (Lipinski definition) is 0. The molecule has 0 bridgehead atoms. The molecule has 2 nitrogen and oxygen atoms in total. The van der Waals surface area contributed by atoms with Crippen molar-refractivity contribution >= 4 is 6.29 Å². The van der Waals surface area contributed by atoms with E-state index in [1.54, 1.807) is 0 Å². The molecule has 0 saturated carbocycles. The Labute approximate surface area is 74.9 Å². The Bertz CT molecular complexity index is 145. The third kappa shape index (κ3) is 2.59. The van der Waals surface area contributed by atoms with Crippen LogP contribution < -0.4 is 0 Å². The lowest BCUT2D eigenvalue weighted by Gasteiger charge is -2.33. The van der Waals surface area contributed by atoms with Crippen LogP contribution in [0, 0.1) is 5.92 Å². The third-order valence-corrected chi connectivity index (χ3v) is 2.34. The van der Waals surface area contributed by atoms with Gasteiger partial charge in [0.05, 0.1) is 6.04 Å². The number of likely N-dealkylation sites (tertiary alicyclic amines) is 1. The summed E-state index contributed by atoms with van der Waals surface area (Å²) in [7, 11) is 0. The minimum Gasteiger partial charge on any atom is -0.302 e. The normalized spacial score (nSPS) is 26.1. The lowest BCUT2D eigenvalue weighted by atomic mass is 10.0. The van der Waals surface area contributed by atoms with Gasteiger partial charge in [-0.2, -0.15) is 0 Å². The summed E-state index contributed by atoms with van der Waals surface area (Å²) in [5, 5.41) is 0. The Morgan fingerprint density at radius 3 is 2.83 bits per heavy atom. The van der Waals surface area contributed by atoms with Gasteiger partial charge in [0, 0.05) is 6.54 Å². The Kier molecular flexibility index (Phi) is 3.73. The van der Waals surface area contributed by atoms with Crippen LogP contribution in [0.2, 0.25) is 0 Å². The Balaban J connectivity index is 2.41. The molecule has 1 heterocycles. The van der Waals surface area contributed by atoms with Gasteiger partial charge in [-0.05, 0) is 25.3 Å². The van der Waals surface area contributed by atoms with Crippen LogP contribution in [0.15, 0.2) is 0 Å². The van der Waals surface area contributed by atoms with E-state index < -0.39 is 0 Å². The zero-order valence-corrected chi connectivity index (χ0v) is 8.05. The van der Waals surface area contributed by atoms with Crippen molar-refractivity contribution in [2.75, 3.05) is 13.1 Å². The van der Waals surface area contributed by atoms with E-state index in [9.17, 15) is 4.79 Å². The molecule has 0 aromatic rings. The summed E-state index contributed by atoms with van der Waals surface area (Å²) < 4.78 is 0. The van der Waals surface area contributed by atoms with Crippen molar-refractivity contribution in [3.05, 3.63) is 5.92 Å². The van der Waals surface area contributed by atoms with Crippen molar-refractivity contribution in [2.45, 2.75) is 39.2 Å². The third-order valence-electron chi connectivity index (χ3n) is 2.34. The van der Waals surface area contributed by atoms with E-state index >= 15 is 0 Å². The molecule has 1 aliphatic heterocycles. The number of rotatable bonds is 3. The fourth-order valence-corrected chi connectivity index (χ4v) is 1.77. The molecule has 0 aromatic heterocycles. The molecule has 1 saturated heterocycles. The first-order valence-electron chi connectivity index (χ1n) is 4.72. The highest BCUT2D eigenvalue weighted by Crippen LogP contribution is 2.16. The molecule has 2 heteroatoms. The second-order valence-corrected chi connectivity index (χ2v) is 3.88. The maximum atomic E-state index is 10.7. The summed E-state index contributed by atoms with van der Waals surface area (Å²) in [5.74, 6) is 1.39. The maximum absolute atomic E-state index is 10.7. The summed E-state index contributed by atoms with van der Waals surface area (Å²) in [5.41, 5.74) is 0. The van der Waals surface area contributed by atoms with Crippen LogP contribution in [0.5, 0.6) is 0 Å². The van der Waals surface area contributed by atoms with Crippen molar-refractivity contribution in [1.82, 2.24) is 4.90 Å². The van der Waals surface area contributed by atoms with Gasteiger partial charge in [0.2, 0.25) is 0 Å². The molecule has 0 aromatic carbocycles. The molecule has 0 aliphatic carbocycles. The van der Waals surface area contributed by atoms with E-state index in [0.717, 1.165) is 25.8 Å². The molecular formula is C10H18NO. The number of piperidine rings is 1. The van der Waals surface area contributed by atoms with E-state index in [-0.39, 0.29) is 6.04 Å². The average molecular weight is 168 g/mol. The van der Waals surface area contributed by atoms with Crippen LogP contribution in [-0.4, -0.2) is 30.3 Å². The maximum Gasteiger partial charge on any atom is 0.137 e. The van der Waals surface area contributed by atoms with Crippen LogP contribution in [0.1, 0.15) is 33.1 Å². The molecule has 1 atom stereocenters. The van der Waals surface area contributed by atoms with Crippen LogP contribution >= 0.6 is 0 Å². The quantitative estimate of drug-likeness (QED) is 0.597.